The summed E-state index contributed by atoms with van der Waals surface area (Å²) >= 11 is 0. The molecule has 1 aromatic carbocycles. The fourth-order valence-electron chi connectivity index (χ4n) is 4.43. The second kappa shape index (κ2) is 8.74. The van der Waals surface area contributed by atoms with Crippen LogP contribution in [-0.4, -0.2) is 23.4 Å². The summed E-state index contributed by atoms with van der Waals surface area (Å²) in [6.07, 6.45) is 7.99. The summed E-state index contributed by atoms with van der Waals surface area (Å²) in [7, 11) is -1.34. The van der Waals surface area contributed by atoms with Crippen LogP contribution in [-0.2, 0) is 37.5 Å². The van der Waals surface area contributed by atoms with Gasteiger partial charge in [0, 0.05) is 50.7 Å². The van der Waals surface area contributed by atoms with Gasteiger partial charge in [-0.3, -0.25) is 4.79 Å². The van der Waals surface area contributed by atoms with Crippen LogP contribution in [0.1, 0.15) is 56.7 Å². The van der Waals surface area contributed by atoms with Gasteiger partial charge in [0.2, 0.25) is 0 Å². The Kier molecular flexibility index (Phi) is 8.11. The largest absolute Gasteiger partial charge is 0.322 e. The quantitative estimate of drug-likeness (QED) is 0.462. The van der Waals surface area contributed by atoms with Crippen molar-refractivity contribution in [3.63, 3.8) is 0 Å². The van der Waals surface area contributed by atoms with E-state index in [1.165, 1.54) is 23.1 Å². The van der Waals surface area contributed by atoms with Crippen LogP contribution < -0.4 is 5.32 Å². The summed E-state index contributed by atoms with van der Waals surface area (Å²) in [6.45, 7) is 13.0. The Morgan fingerprint density at radius 3 is 2.00 bits per heavy atom. The van der Waals surface area contributed by atoms with Crippen molar-refractivity contribution in [1.29, 1.82) is 0 Å². The first-order valence-corrected chi connectivity index (χ1v) is 11.2. The Hall–Kier alpha value is 0.224. The molecule has 1 aromatic rings. The molecule has 2 nitrogen and oxygen atoms in total. The molecular weight excluding hydrogens is 390 g/mol. The number of hydrogen-bond donors (Lipinski definition) is 1. The number of carbonyl (C=O) groups is 1. The van der Waals surface area contributed by atoms with Crippen LogP contribution in [0.3, 0.4) is 0 Å². The van der Waals surface area contributed by atoms with Crippen molar-refractivity contribution in [1.82, 2.24) is 0 Å². The third-order valence-corrected chi connectivity index (χ3v) is 11.6. The maximum Gasteiger partial charge on any atom is 0.265 e. The summed E-state index contributed by atoms with van der Waals surface area (Å²) in [5.74, 6) is 0.272. The molecular formula is C20H32NOPY. The van der Waals surface area contributed by atoms with Gasteiger partial charge in [-0.05, 0) is 65.0 Å². The number of aryl methyl sites for hydroxylation is 3. The van der Waals surface area contributed by atoms with Crippen LogP contribution >= 0.6 is 7.26 Å². The van der Waals surface area contributed by atoms with Crippen LogP contribution in [0.5, 0.6) is 0 Å². The predicted octanol–water partition coefficient (Wildman–Crippen LogP) is 5.71. The number of carbonyl (C=O) groups excluding carboxylic acids is 1. The first-order chi connectivity index (χ1) is 10.9. The SMILES string of the molecule is C[CH-][P+](CC)(CC)C1(C(=O)Nc2c(C)cc(C)cc2C)CCC1.[Y]. The van der Waals surface area contributed by atoms with E-state index in [1.54, 1.807) is 0 Å². The van der Waals surface area contributed by atoms with Crippen molar-refractivity contribution in [2.75, 3.05) is 17.6 Å². The second-order valence-corrected chi connectivity index (χ2v) is 11.7. The van der Waals surface area contributed by atoms with E-state index in [1.807, 2.05) is 0 Å². The molecule has 1 saturated carbocycles. The molecule has 0 unspecified atom stereocenters. The van der Waals surface area contributed by atoms with Crippen LogP contribution in [0.25, 0.3) is 0 Å². The average molecular weight is 422 g/mol. The number of anilines is 1. The molecule has 1 radical (unpaired) electrons. The molecule has 24 heavy (non-hydrogen) atoms. The van der Waals surface area contributed by atoms with Crippen LogP contribution in [0.15, 0.2) is 12.1 Å². The Labute approximate surface area is 174 Å². The number of benzene rings is 1. The monoisotopic (exact) mass is 422 g/mol. The van der Waals surface area contributed by atoms with E-state index >= 15 is 0 Å². The summed E-state index contributed by atoms with van der Waals surface area (Å²) in [5.41, 5.74) is 4.61. The summed E-state index contributed by atoms with van der Waals surface area (Å²) in [4.78, 5) is 13.3. The van der Waals surface area contributed by atoms with Gasteiger partial charge in [-0.15, -0.1) is 7.26 Å². The van der Waals surface area contributed by atoms with Crippen LogP contribution in [0.4, 0.5) is 5.69 Å². The van der Waals surface area contributed by atoms with Gasteiger partial charge in [0.15, 0.2) is 0 Å². The molecule has 1 fully saturated rings. The Morgan fingerprint density at radius 1 is 1.17 bits per heavy atom. The molecule has 0 aliphatic heterocycles. The molecule has 4 heteroatoms. The molecule has 0 spiro atoms. The average Bonchev–Trinajstić information content (AvgIpc) is 2.46. The van der Waals surface area contributed by atoms with Crippen molar-refractivity contribution in [3.05, 3.63) is 35.0 Å². The van der Waals surface area contributed by atoms with E-state index in [-0.39, 0.29) is 43.8 Å². The molecule has 0 atom stereocenters. The molecule has 1 N–H and O–H groups in total. The molecule has 2 rings (SSSR count). The van der Waals surface area contributed by atoms with Crippen molar-refractivity contribution in [2.24, 2.45) is 0 Å². The van der Waals surface area contributed by atoms with Gasteiger partial charge in [0.05, 0.1) is 0 Å². The van der Waals surface area contributed by atoms with Gasteiger partial charge >= 0.3 is 0 Å². The number of hydrogen-bond acceptors (Lipinski definition) is 1. The van der Waals surface area contributed by atoms with Gasteiger partial charge in [-0.25, -0.2) is 0 Å². The number of amides is 1. The Morgan fingerprint density at radius 2 is 1.67 bits per heavy atom. The molecule has 131 valence electrons. The van der Waals surface area contributed by atoms with Gasteiger partial charge < -0.3 is 5.32 Å². The third-order valence-electron chi connectivity index (χ3n) is 5.99. The van der Waals surface area contributed by atoms with Gasteiger partial charge in [-0.1, -0.05) is 17.7 Å². The zero-order valence-electron chi connectivity index (χ0n) is 16.2. The third kappa shape index (κ3) is 3.67. The molecule has 0 aromatic heterocycles. The summed E-state index contributed by atoms with van der Waals surface area (Å²) in [6, 6.07) is 4.31. The summed E-state index contributed by atoms with van der Waals surface area (Å²) < 4.78 is 0. The van der Waals surface area contributed by atoms with Crippen molar-refractivity contribution >= 4 is 18.9 Å². The topological polar surface area (TPSA) is 29.1 Å². The Balaban J connectivity index is 0.00000288. The van der Waals surface area contributed by atoms with E-state index in [0.717, 1.165) is 30.9 Å². The molecule has 1 aliphatic carbocycles. The van der Waals surface area contributed by atoms with Crippen LogP contribution in [0.2, 0.25) is 0 Å². The van der Waals surface area contributed by atoms with Crippen molar-refractivity contribution < 1.29 is 37.5 Å². The maximum absolute atomic E-state index is 13.3. The van der Waals surface area contributed by atoms with E-state index in [9.17, 15) is 4.79 Å². The van der Waals surface area contributed by atoms with Gasteiger partial charge in [-0.2, -0.15) is 13.1 Å². The fraction of sp³-hybridized carbons (Fsp3) is 0.600. The molecule has 0 bridgehead atoms. The predicted molar refractivity (Wildman–Crippen MR) is 104 cm³/mol. The van der Waals surface area contributed by atoms with Crippen molar-refractivity contribution in [2.45, 2.75) is 66.0 Å². The van der Waals surface area contributed by atoms with Crippen LogP contribution in [0, 0.1) is 26.9 Å². The first kappa shape index (κ1) is 22.3. The smallest absolute Gasteiger partial charge is 0.265 e. The van der Waals surface area contributed by atoms with E-state index < -0.39 is 7.26 Å². The number of rotatable bonds is 6. The minimum Gasteiger partial charge on any atom is -0.322 e. The molecule has 0 saturated heterocycles. The fourth-order valence-corrected chi connectivity index (χ4v) is 8.98. The second-order valence-electron chi connectivity index (χ2n) is 7.04. The first-order valence-electron chi connectivity index (χ1n) is 8.92. The minimum atomic E-state index is -1.34. The minimum absolute atomic E-state index is 0. The zero-order chi connectivity index (χ0) is 17.3. The maximum atomic E-state index is 13.3. The molecule has 0 heterocycles. The Bertz CT molecular complexity index is 560. The van der Waals surface area contributed by atoms with E-state index in [4.69, 9.17) is 0 Å². The standard InChI is InChI=1S/C20H32NOP.Y/c1-7-23(8-2,9-3)20(11-10-12-20)19(22)21-18-16(5)13-15(4)14-17(18)6;/h7,13-14H,8-12H2,1-6H3,(H,21,22);. The van der Waals surface area contributed by atoms with E-state index in [2.05, 4.69) is 65.2 Å². The van der Waals surface area contributed by atoms with Crippen molar-refractivity contribution in [3.8, 4) is 0 Å². The zero-order valence-corrected chi connectivity index (χ0v) is 19.9. The van der Waals surface area contributed by atoms with Gasteiger partial charge in [0.1, 0.15) is 5.16 Å². The van der Waals surface area contributed by atoms with E-state index in [0.29, 0.717) is 0 Å². The number of nitrogens with one attached hydrogen (secondary N) is 1. The molecule has 1 amide bonds. The normalized spacial score (nSPS) is 16.1. The van der Waals surface area contributed by atoms with Gasteiger partial charge in [0.25, 0.3) is 5.91 Å². The summed E-state index contributed by atoms with van der Waals surface area (Å²) in [5, 5.41) is 3.21. The molecule has 1 aliphatic rings.